The van der Waals surface area contributed by atoms with Gasteiger partial charge in [0.1, 0.15) is 0 Å². The van der Waals surface area contributed by atoms with Crippen molar-refractivity contribution in [3.05, 3.63) is 72.1 Å². The Morgan fingerprint density at radius 3 is 2.73 bits per heavy atom. The molecule has 8 nitrogen and oxygen atoms in total. The lowest BCUT2D eigenvalue weighted by atomic mass is 9.97. The topological polar surface area (TPSA) is 97.3 Å². The number of ether oxygens (including phenoxy) is 1. The van der Waals surface area contributed by atoms with E-state index in [1.807, 2.05) is 43.3 Å². The fourth-order valence-electron chi connectivity index (χ4n) is 3.84. The van der Waals surface area contributed by atoms with Crippen LogP contribution in [-0.2, 0) is 4.74 Å². The summed E-state index contributed by atoms with van der Waals surface area (Å²) < 4.78 is 7.01. The molecule has 1 saturated heterocycles. The highest BCUT2D eigenvalue weighted by Gasteiger charge is 2.14. The molecule has 2 aromatic carbocycles. The average Bonchev–Trinajstić information content (AvgIpc) is 3.30. The normalized spacial score (nSPS) is 14.0. The Morgan fingerprint density at radius 1 is 1.09 bits per heavy atom. The maximum Gasteiger partial charge on any atom is 0.323 e. The Kier molecular flexibility index (Phi) is 7.36. The summed E-state index contributed by atoms with van der Waals surface area (Å²) in [6, 6.07) is 14.5. The highest BCUT2D eigenvalue weighted by atomic mass is 16.5. The summed E-state index contributed by atoms with van der Waals surface area (Å²) in [5, 5.41) is 12.9. The largest absolute Gasteiger partial charge is 0.381 e. The molecule has 1 fully saturated rings. The van der Waals surface area contributed by atoms with E-state index in [-0.39, 0.29) is 11.9 Å². The Morgan fingerprint density at radius 2 is 1.91 bits per heavy atom. The number of amides is 3. The molecule has 1 aliphatic rings. The van der Waals surface area contributed by atoms with E-state index in [0.717, 1.165) is 49.4 Å². The fourth-order valence-corrected chi connectivity index (χ4v) is 3.84. The lowest BCUT2D eigenvalue weighted by molar-refractivity contribution is 0.0636. The minimum atomic E-state index is -0.346. The zero-order chi connectivity index (χ0) is 23.0. The van der Waals surface area contributed by atoms with Gasteiger partial charge in [0.05, 0.1) is 23.8 Å². The Labute approximate surface area is 193 Å². The van der Waals surface area contributed by atoms with Crippen LogP contribution in [0.4, 0.5) is 16.2 Å². The number of urea groups is 1. The molecule has 0 unspecified atom stereocenters. The number of hydrogen-bond donors (Lipinski definition) is 3. The lowest BCUT2D eigenvalue weighted by Crippen LogP contribution is -2.27. The van der Waals surface area contributed by atoms with Crippen molar-refractivity contribution in [2.24, 2.45) is 5.92 Å². The minimum absolute atomic E-state index is 0.105. The van der Waals surface area contributed by atoms with Crippen LogP contribution in [0.5, 0.6) is 0 Å². The standard InChI is InChI=1S/C25H29N5O3/c1-18-5-2-3-8-23(18)29-25(32)28-21-16-27-30(17-21)22-7-4-6-20(15-22)24(31)26-12-9-19-10-13-33-14-11-19/h2-8,15-17,19H,9-14H2,1H3,(H,26,31)(H2,28,29,32). The quantitative estimate of drug-likeness (QED) is 0.501. The van der Waals surface area contributed by atoms with Crippen LogP contribution in [0, 0.1) is 12.8 Å². The lowest BCUT2D eigenvalue weighted by Gasteiger charge is -2.21. The average molecular weight is 448 g/mol. The van der Waals surface area contributed by atoms with Crippen LogP contribution >= 0.6 is 0 Å². The SMILES string of the molecule is Cc1ccccc1NC(=O)Nc1cnn(-c2cccc(C(=O)NCCC3CCOCC3)c2)c1. The summed E-state index contributed by atoms with van der Waals surface area (Å²) >= 11 is 0. The van der Waals surface area contributed by atoms with Crippen LogP contribution in [0.15, 0.2) is 60.9 Å². The minimum Gasteiger partial charge on any atom is -0.381 e. The Bertz CT molecular complexity index is 1100. The summed E-state index contributed by atoms with van der Waals surface area (Å²) in [5.74, 6) is 0.510. The molecule has 0 saturated carbocycles. The van der Waals surface area contributed by atoms with Crippen molar-refractivity contribution in [3.8, 4) is 5.69 Å². The molecule has 2 heterocycles. The van der Waals surface area contributed by atoms with Gasteiger partial charge in [0, 0.05) is 31.0 Å². The molecule has 3 amide bonds. The van der Waals surface area contributed by atoms with E-state index >= 15 is 0 Å². The maximum absolute atomic E-state index is 12.6. The monoisotopic (exact) mass is 447 g/mol. The predicted octanol–water partition coefficient (Wildman–Crippen LogP) is 4.37. The smallest absolute Gasteiger partial charge is 0.323 e. The fraction of sp³-hybridized carbons (Fsp3) is 0.320. The van der Waals surface area contributed by atoms with Gasteiger partial charge < -0.3 is 20.7 Å². The molecule has 33 heavy (non-hydrogen) atoms. The van der Waals surface area contributed by atoms with Gasteiger partial charge in [0.2, 0.25) is 0 Å². The molecule has 1 aromatic heterocycles. The molecule has 0 atom stereocenters. The first-order valence-corrected chi connectivity index (χ1v) is 11.2. The van der Waals surface area contributed by atoms with Gasteiger partial charge in [0.25, 0.3) is 5.91 Å². The number of nitrogens with one attached hydrogen (secondary N) is 3. The number of benzene rings is 2. The van der Waals surface area contributed by atoms with E-state index in [2.05, 4.69) is 21.0 Å². The molecule has 3 aromatic rings. The number of nitrogens with zero attached hydrogens (tertiary/aromatic N) is 2. The molecule has 172 valence electrons. The van der Waals surface area contributed by atoms with Crippen LogP contribution in [0.3, 0.4) is 0 Å². The first kappa shape index (κ1) is 22.5. The molecule has 8 heteroatoms. The summed E-state index contributed by atoms with van der Waals surface area (Å²) in [5.41, 5.74) is 3.58. The zero-order valence-electron chi connectivity index (χ0n) is 18.7. The molecule has 0 spiro atoms. The first-order chi connectivity index (χ1) is 16.1. The third-order valence-corrected chi connectivity index (χ3v) is 5.79. The molecular formula is C25H29N5O3. The van der Waals surface area contributed by atoms with E-state index in [0.29, 0.717) is 23.7 Å². The summed E-state index contributed by atoms with van der Waals surface area (Å²) in [7, 11) is 0. The van der Waals surface area contributed by atoms with E-state index in [9.17, 15) is 9.59 Å². The molecule has 0 bridgehead atoms. The number of aryl methyl sites for hydroxylation is 1. The van der Waals surface area contributed by atoms with Crippen LogP contribution in [0.2, 0.25) is 0 Å². The van der Waals surface area contributed by atoms with Crippen molar-refractivity contribution < 1.29 is 14.3 Å². The predicted molar refractivity (Wildman–Crippen MR) is 128 cm³/mol. The molecule has 0 radical (unpaired) electrons. The van der Waals surface area contributed by atoms with Gasteiger partial charge in [-0.1, -0.05) is 24.3 Å². The second-order valence-electron chi connectivity index (χ2n) is 8.22. The zero-order valence-corrected chi connectivity index (χ0v) is 18.7. The second-order valence-corrected chi connectivity index (χ2v) is 8.22. The van der Waals surface area contributed by atoms with Crippen LogP contribution in [-0.4, -0.2) is 41.5 Å². The maximum atomic E-state index is 12.6. The van der Waals surface area contributed by atoms with Crippen molar-refractivity contribution in [3.63, 3.8) is 0 Å². The number of rotatable bonds is 7. The van der Waals surface area contributed by atoms with E-state index in [1.54, 1.807) is 29.2 Å². The van der Waals surface area contributed by atoms with Gasteiger partial charge in [0.15, 0.2) is 0 Å². The van der Waals surface area contributed by atoms with Gasteiger partial charge >= 0.3 is 6.03 Å². The third kappa shape index (κ3) is 6.20. The highest BCUT2D eigenvalue weighted by Crippen LogP contribution is 2.18. The van der Waals surface area contributed by atoms with Crippen molar-refractivity contribution in [2.75, 3.05) is 30.4 Å². The van der Waals surface area contributed by atoms with E-state index in [1.165, 1.54) is 0 Å². The van der Waals surface area contributed by atoms with Crippen molar-refractivity contribution >= 4 is 23.3 Å². The number of anilines is 2. The second kappa shape index (κ2) is 10.8. The number of carbonyl (C=O) groups excluding carboxylic acids is 2. The Balaban J connectivity index is 1.33. The first-order valence-electron chi connectivity index (χ1n) is 11.2. The molecule has 3 N–H and O–H groups in total. The third-order valence-electron chi connectivity index (χ3n) is 5.79. The van der Waals surface area contributed by atoms with Crippen molar-refractivity contribution in [2.45, 2.75) is 26.2 Å². The molecular weight excluding hydrogens is 418 g/mol. The highest BCUT2D eigenvalue weighted by molar-refractivity contribution is 6.00. The van der Waals surface area contributed by atoms with Crippen molar-refractivity contribution in [1.29, 1.82) is 0 Å². The van der Waals surface area contributed by atoms with E-state index < -0.39 is 0 Å². The number of aromatic nitrogens is 2. The van der Waals surface area contributed by atoms with Crippen LogP contribution < -0.4 is 16.0 Å². The Hall–Kier alpha value is -3.65. The van der Waals surface area contributed by atoms with Gasteiger partial charge in [-0.15, -0.1) is 0 Å². The van der Waals surface area contributed by atoms with E-state index in [4.69, 9.17) is 4.74 Å². The molecule has 4 rings (SSSR count). The summed E-state index contributed by atoms with van der Waals surface area (Å²) in [6.07, 6.45) is 6.36. The van der Waals surface area contributed by atoms with Gasteiger partial charge in [-0.05, 0) is 61.9 Å². The molecule has 1 aliphatic heterocycles. The number of hydrogen-bond acceptors (Lipinski definition) is 4. The van der Waals surface area contributed by atoms with Gasteiger partial charge in [-0.3, -0.25) is 4.79 Å². The summed E-state index contributed by atoms with van der Waals surface area (Å²) in [4.78, 5) is 24.9. The van der Waals surface area contributed by atoms with Gasteiger partial charge in [-0.2, -0.15) is 5.10 Å². The van der Waals surface area contributed by atoms with Crippen molar-refractivity contribution in [1.82, 2.24) is 15.1 Å². The van der Waals surface area contributed by atoms with Gasteiger partial charge in [-0.25, -0.2) is 9.48 Å². The van der Waals surface area contributed by atoms with Crippen LogP contribution in [0.25, 0.3) is 5.69 Å². The molecule has 0 aliphatic carbocycles. The summed E-state index contributed by atoms with van der Waals surface area (Å²) in [6.45, 7) is 4.21. The number of para-hydroxylation sites is 1. The van der Waals surface area contributed by atoms with Crippen LogP contribution in [0.1, 0.15) is 35.2 Å². The number of carbonyl (C=O) groups is 2.